The van der Waals surface area contributed by atoms with Gasteiger partial charge in [-0.15, -0.1) is 15.3 Å². The van der Waals surface area contributed by atoms with Gasteiger partial charge in [0.25, 0.3) is 5.89 Å². The molecule has 0 bridgehead atoms. The van der Waals surface area contributed by atoms with Gasteiger partial charge < -0.3 is 13.9 Å². The standard InChI is InChI=1S/C12H13N5O3/c1-7-3-10(8(2)19-7)12-15-14-11(20-12)5-17-4-9(6-18)13-16-17/h3-4,18H,5-6H2,1-2H3. The number of aryl methyl sites for hydroxylation is 2. The Morgan fingerprint density at radius 3 is 2.70 bits per heavy atom. The summed E-state index contributed by atoms with van der Waals surface area (Å²) in [6, 6.07) is 1.85. The van der Waals surface area contributed by atoms with Crippen LogP contribution in [0.1, 0.15) is 23.1 Å². The van der Waals surface area contributed by atoms with Crippen molar-refractivity contribution in [2.45, 2.75) is 27.0 Å². The Balaban J connectivity index is 1.81. The lowest BCUT2D eigenvalue weighted by Crippen LogP contribution is -2.00. The van der Waals surface area contributed by atoms with Gasteiger partial charge in [-0.2, -0.15) is 0 Å². The van der Waals surface area contributed by atoms with Crippen molar-refractivity contribution in [3.05, 3.63) is 35.4 Å². The van der Waals surface area contributed by atoms with Crippen LogP contribution in [0.3, 0.4) is 0 Å². The van der Waals surface area contributed by atoms with Crippen LogP contribution in [0.4, 0.5) is 0 Å². The monoisotopic (exact) mass is 275 g/mol. The summed E-state index contributed by atoms with van der Waals surface area (Å²) in [5.74, 6) is 2.35. The minimum absolute atomic E-state index is 0.150. The van der Waals surface area contributed by atoms with E-state index in [1.807, 2.05) is 19.9 Å². The van der Waals surface area contributed by atoms with Crippen molar-refractivity contribution < 1.29 is 13.9 Å². The fourth-order valence-electron chi connectivity index (χ4n) is 1.90. The van der Waals surface area contributed by atoms with Gasteiger partial charge in [-0.1, -0.05) is 5.21 Å². The van der Waals surface area contributed by atoms with Gasteiger partial charge in [-0.25, -0.2) is 4.68 Å². The zero-order valence-corrected chi connectivity index (χ0v) is 11.1. The van der Waals surface area contributed by atoms with Crippen molar-refractivity contribution in [2.75, 3.05) is 0 Å². The summed E-state index contributed by atoms with van der Waals surface area (Å²) in [5.41, 5.74) is 1.28. The molecule has 3 heterocycles. The number of nitrogens with zero attached hydrogens (tertiary/aromatic N) is 5. The largest absolute Gasteiger partial charge is 0.466 e. The Hall–Kier alpha value is -2.48. The molecule has 0 spiro atoms. The molecule has 1 N–H and O–H groups in total. The molecule has 0 aliphatic rings. The Morgan fingerprint density at radius 2 is 2.05 bits per heavy atom. The summed E-state index contributed by atoms with van der Waals surface area (Å²) < 4.78 is 12.5. The van der Waals surface area contributed by atoms with E-state index >= 15 is 0 Å². The first-order valence-electron chi connectivity index (χ1n) is 6.05. The molecule has 3 rings (SSSR count). The smallest absolute Gasteiger partial charge is 0.251 e. The fourth-order valence-corrected chi connectivity index (χ4v) is 1.90. The van der Waals surface area contributed by atoms with E-state index < -0.39 is 0 Å². The van der Waals surface area contributed by atoms with Gasteiger partial charge in [0.2, 0.25) is 5.89 Å². The second-order valence-electron chi connectivity index (χ2n) is 4.39. The number of hydrogen-bond acceptors (Lipinski definition) is 7. The van der Waals surface area contributed by atoms with Crippen molar-refractivity contribution in [3.8, 4) is 11.5 Å². The number of aromatic nitrogens is 5. The van der Waals surface area contributed by atoms with Gasteiger partial charge >= 0.3 is 0 Å². The molecule has 0 amide bonds. The molecule has 20 heavy (non-hydrogen) atoms. The maximum Gasteiger partial charge on any atom is 0.251 e. The van der Waals surface area contributed by atoms with E-state index in [9.17, 15) is 0 Å². The summed E-state index contributed by atoms with van der Waals surface area (Å²) in [5, 5.41) is 24.5. The summed E-state index contributed by atoms with van der Waals surface area (Å²) in [7, 11) is 0. The van der Waals surface area contributed by atoms with Crippen LogP contribution < -0.4 is 0 Å². The molecule has 8 nitrogen and oxygen atoms in total. The summed E-state index contributed by atoms with van der Waals surface area (Å²) >= 11 is 0. The van der Waals surface area contributed by atoms with E-state index in [1.54, 1.807) is 6.20 Å². The first-order valence-corrected chi connectivity index (χ1v) is 6.05. The molecule has 0 atom stereocenters. The predicted octanol–water partition coefficient (Wildman–Crippen LogP) is 1.08. The molecule has 0 fully saturated rings. The number of aliphatic hydroxyl groups is 1. The van der Waals surface area contributed by atoms with Crippen molar-refractivity contribution in [1.29, 1.82) is 0 Å². The zero-order valence-electron chi connectivity index (χ0n) is 11.1. The lowest BCUT2D eigenvalue weighted by Gasteiger charge is -1.93. The van der Waals surface area contributed by atoms with E-state index in [0.29, 0.717) is 24.0 Å². The SMILES string of the molecule is Cc1cc(-c2nnc(Cn3cc(CO)nn3)o2)c(C)o1. The third kappa shape index (κ3) is 2.32. The molecule has 0 aliphatic heterocycles. The summed E-state index contributed by atoms with van der Waals surface area (Å²) in [6.07, 6.45) is 1.62. The molecule has 0 aliphatic carbocycles. The van der Waals surface area contributed by atoms with Crippen molar-refractivity contribution in [3.63, 3.8) is 0 Å². The van der Waals surface area contributed by atoms with Gasteiger partial charge in [0.1, 0.15) is 23.8 Å². The minimum Gasteiger partial charge on any atom is -0.466 e. The van der Waals surface area contributed by atoms with Crippen molar-refractivity contribution >= 4 is 0 Å². The van der Waals surface area contributed by atoms with Crippen LogP contribution in [0.25, 0.3) is 11.5 Å². The highest BCUT2D eigenvalue weighted by molar-refractivity contribution is 5.55. The Bertz CT molecular complexity index is 727. The van der Waals surface area contributed by atoms with Gasteiger partial charge in [-0.3, -0.25) is 0 Å². The molecule has 3 aromatic rings. The quantitative estimate of drug-likeness (QED) is 0.759. The molecule has 104 valence electrons. The van der Waals surface area contributed by atoms with E-state index in [1.165, 1.54) is 4.68 Å². The van der Waals surface area contributed by atoms with Crippen LogP contribution in [-0.4, -0.2) is 30.3 Å². The predicted molar refractivity (Wildman–Crippen MR) is 66.5 cm³/mol. The normalized spacial score (nSPS) is 11.2. The van der Waals surface area contributed by atoms with E-state index in [0.717, 1.165) is 17.1 Å². The lowest BCUT2D eigenvalue weighted by atomic mass is 10.2. The average molecular weight is 275 g/mol. The molecule has 0 radical (unpaired) electrons. The number of hydrogen-bond donors (Lipinski definition) is 1. The highest BCUT2D eigenvalue weighted by Crippen LogP contribution is 2.25. The van der Waals surface area contributed by atoms with Gasteiger partial charge in [-0.05, 0) is 19.9 Å². The average Bonchev–Trinajstić information content (AvgIpc) is 3.11. The Kier molecular flexibility index (Phi) is 3.07. The highest BCUT2D eigenvalue weighted by atomic mass is 16.4. The summed E-state index contributed by atoms with van der Waals surface area (Å²) in [4.78, 5) is 0. The fraction of sp³-hybridized carbons (Fsp3) is 0.333. The van der Waals surface area contributed by atoms with Crippen LogP contribution in [0.2, 0.25) is 0 Å². The van der Waals surface area contributed by atoms with Gasteiger partial charge in [0.15, 0.2) is 0 Å². The maximum atomic E-state index is 8.92. The maximum absolute atomic E-state index is 8.92. The number of aliphatic hydroxyl groups excluding tert-OH is 1. The molecule has 8 heteroatoms. The van der Waals surface area contributed by atoms with Crippen LogP contribution in [-0.2, 0) is 13.2 Å². The van der Waals surface area contributed by atoms with Crippen molar-refractivity contribution in [2.24, 2.45) is 0 Å². The zero-order chi connectivity index (χ0) is 14.1. The number of furan rings is 1. The molecule has 0 saturated heterocycles. The third-order valence-corrected chi connectivity index (χ3v) is 2.78. The Labute approximate surface area is 114 Å². The van der Waals surface area contributed by atoms with Crippen LogP contribution in [0.15, 0.2) is 21.1 Å². The van der Waals surface area contributed by atoms with E-state index in [2.05, 4.69) is 20.5 Å². The second kappa shape index (κ2) is 4.89. The third-order valence-electron chi connectivity index (χ3n) is 2.78. The summed E-state index contributed by atoms with van der Waals surface area (Å²) in [6.45, 7) is 3.86. The topological polar surface area (TPSA) is 103 Å². The van der Waals surface area contributed by atoms with Crippen LogP contribution in [0, 0.1) is 13.8 Å². The molecular weight excluding hydrogens is 262 g/mol. The van der Waals surface area contributed by atoms with Crippen LogP contribution in [0.5, 0.6) is 0 Å². The van der Waals surface area contributed by atoms with Gasteiger partial charge in [0, 0.05) is 0 Å². The lowest BCUT2D eigenvalue weighted by molar-refractivity contribution is 0.276. The second-order valence-corrected chi connectivity index (χ2v) is 4.39. The highest BCUT2D eigenvalue weighted by Gasteiger charge is 2.15. The molecule has 0 unspecified atom stereocenters. The first-order chi connectivity index (χ1) is 9.65. The van der Waals surface area contributed by atoms with Crippen molar-refractivity contribution in [1.82, 2.24) is 25.2 Å². The van der Waals surface area contributed by atoms with Gasteiger partial charge in [0.05, 0.1) is 18.4 Å². The van der Waals surface area contributed by atoms with Crippen LogP contribution >= 0.6 is 0 Å². The number of rotatable bonds is 4. The first kappa shape index (κ1) is 12.5. The molecule has 3 aromatic heterocycles. The van der Waals surface area contributed by atoms with E-state index in [4.69, 9.17) is 13.9 Å². The van der Waals surface area contributed by atoms with E-state index in [-0.39, 0.29) is 6.61 Å². The molecular formula is C12H13N5O3. The minimum atomic E-state index is -0.150. The molecule has 0 aromatic carbocycles. The Morgan fingerprint density at radius 1 is 1.20 bits per heavy atom. The molecule has 0 saturated carbocycles.